The van der Waals surface area contributed by atoms with E-state index in [1.54, 1.807) is 7.11 Å². The van der Waals surface area contributed by atoms with Gasteiger partial charge >= 0.3 is 5.97 Å². The smallest absolute Gasteiger partial charge is 0.312 e. The van der Waals surface area contributed by atoms with Crippen LogP contribution in [-0.2, 0) is 9.53 Å². The number of carbonyl (C=O) groups excluding carboxylic acids is 1. The summed E-state index contributed by atoms with van der Waals surface area (Å²) in [5.74, 6) is 0.488. The van der Waals surface area contributed by atoms with E-state index in [4.69, 9.17) is 9.47 Å². The standard InChI is InChI=1S/C27H26O3/c1-27(2,3)26(28)30-25(19-11-9-12-20(16-19)29-4)24-17-18-10-5-6-13-21(18)22-14-7-8-15-23(22)24/h5-17,25H,1-4H3. The Labute approximate surface area is 177 Å². The van der Waals surface area contributed by atoms with Crippen molar-refractivity contribution in [1.82, 2.24) is 0 Å². The molecule has 1 atom stereocenters. The molecule has 3 nitrogen and oxygen atoms in total. The van der Waals surface area contributed by atoms with Gasteiger partial charge in [-0.25, -0.2) is 0 Å². The molecule has 0 bridgehead atoms. The molecule has 0 aromatic heterocycles. The molecule has 0 fully saturated rings. The second-order valence-electron chi connectivity index (χ2n) is 8.54. The van der Waals surface area contributed by atoms with E-state index in [-0.39, 0.29) is 5.97 Å². The summed E-state index contributed by atoms with van der Waals surface area (Å²) in [6.45, 7) is 5.61. The van der Waals surface area contributed by atoms with Crippen molar-refractivity contribution in [2.45, 2.75) is 26.9 Å². The number of rotatable bonds is 4. The first-order valence-corrected chi connectivity index (χ1v) is 10.1. The van der Waals surface area contributed by atoms with Crippen molar-refractivity contribution in [1.29, 1.82) is 0 Å². The van der Waals surface area contributed by atoms with Gasteiger partial charge in [0.05, 0.1) is 12.5 Å². The summed E-state index contributed by atoms with van der Waals surface area (Å²) in [4.78, 5) is 12.9. The van der Waals surface area contributed by atoms with E-state index in [9.17, 15) is 4.79 Å². The van der Waals surface area contributed by atoms with Gasteiger partial charge in [-0.1, -0.05) is 60.7 Å². The molecule has 0 saturated heterocycles. The van der Waals surface area contributed by atoms with Crippen molar-refractivity contribution in [3.05, 3.63) is 90.0 Å². The zero-order chi connectivity index (χ0) is 21.3. The first kappa shape index (κ1) is 20.0. The largest absolute Gasteiger partial charge is 0.497 e. The Morgan fingerprint density at radius 3 is 2.17 bits per heavy atom. The van der Waals surface area contributed by atoms with Gasteiger partial charge in [0.15, 0.2) is 6.10 Å². The number of hydrogen-bond acceptors (Lipinski definition) is 3. The fourth-order valence-corrected chi connectivity index (χ4v) is 3.70. The van der Waals surface area contributed by atoms with Crippen LogP contribution < -0.4 is 4.74 Å². The average Bonchev–Trinajstić information content (AvgIpc) is 2.76. The van der Waals surface area contributed by atoms with E-state index in [2.05, 4.69) is 30.3 Å². The van der Waals surface area contributed by atoms with E-state index < -0.39 is 11.5 Å². The number of benzene rings is 4. The van der Waals surface area contributed by atoms with Crippen LogP contribution in [0.4, 0.5) is 0 Å². The van der Waals surface area contributed by atoms with Crippen LogP contribution in [0.2, 0.25) is 0 Å². The number of fused-ring (bicyclic) bond motifs is 3. The maximum absolute atomic E-state index is 12.9. The van der Waals surface area contributed by atoms with Gasteiger partial charge in [-0.15, -0.1) is 0 Å². The molecule has 4 aromatic rings. The van der Waals surface area contributed by atoms with Crippen LogP contribution in [0, 0.1) is 5.41 Å². The number of carbonyl (C=O) groups is 1. The van der Waals surface area contributed by atoms with Crippen LogP contribution in [-0.4, -0.2) is 13.1 Å². The van der Waals surface area contributed by atoms with E-state index in [0.717, 1.165) is 33.0 Å². The summed E-state index contributed by atoms with van der Waals surface area (Å²) >= 11 is 0. The van der Waals surface area contributed by atoms with Gasteiger partial charge in [-0.3, -0.25) is 4.79 Å². The molecule has 0 N–H and O–H groups in total. The van der Waals surface area contributed by atoms with E-state index in [1.807, 2.05) is 69.3 Å². The van der Waals surface area contributed by atoms with E-state index >= 15 is 0 Å². The van der Waals surface area contributed by atoms with Crippen molar-refractivity contribution in [2.24, 2.45) is 5.41 Å². The molecule has 0 spiro atoms. The third kappa shape index (κ3) is 3.76. The second-order valence-corrected chi connectivity index (χ2v) is 8.54. The molecule has 152 valence electrons. The molecule has 0 aliphatic heterocycles. The minimum atomic E-state index is -0.607. The van der Waals surface area contributed by atoms with Crippen LogP contribution in [0.1, 0.15) is 38.0 Å². The molecule has 3 heteroatoms. The molecule has 0 aliphatic rings. The van der Waals surface area contributed by atoms with Gasteiger partial charge in [-0.05, 0) is 60.5 Å². The van der Waals surface area contributed by atoms with E-state index in [1.165, 1.54) is 5.39 Å². The number of methoxy groups -OCH3 is 1. The van der Waals surface area contributed by atoms with Crippen molar-refractivity contribution in [3.8, 4) is 5.75 Å². The van der Waals surface area contributed by atoms with Crippen molar-refractivity contribution >= 4 is 27.5 Å². The Bertz CT molecular complexity index is 1220. The third-order valence-electron chi connectivity index (χ3n) is 5.32. The lowest BCUT2D eigenvalue weighted by Gasteiger charge is -2.26. The van der Waals surface area contributed by atoms with Crippen molar-refractivity contribution in [3.63, 3.8) is 0 Å². The first-order chi connectivity index (χ1) is 14.4. The topological polar surface area (TPSA) is 35.5 Å². The highest BCUT2D eigenvalue weighted by Gasteiger charge is 2.29. The second kappa shape index (κ2) is 7.83. The van der Waals surface area contributed by atoms with Crippen LogP contribution in [0.15, 0.2) is 78.9 Å². The Kier molecular flexibility index (Phi) is 5.21. The van der Waals surface area contributed by atoms with Crippen molar-refractivity contribution < 1.29 is 14.3 Å². The highest BCUT2D eigenvalue weighted by molar-refractivity contribution is 6.09. The predicted molar refractivity (Wildman–Crippen MR) is 122 cm³/mol. The lowest BCUT2D eigenvalue weighted by atomic mass is 9.91. The molecule has 4 rings (SSSR count). The Hall–Kier alpha value is -3.33. The summed E-state index contributed by atoms with van der Waals surface area (Å²) in [6, 6.07) is 26.5. The molecule has 0 saturated carbocycles. The summed E-state index contributed by atoms with van der Waals surface area (Å²) in [7, 11) is 1.64. The molecule has 4 aromatic carbocycles. The Morgan fingerprint density at radius 2 is 1.47 bits per heavy atom. The van der Waals surface area contributed by atoms with Crippen molar-refractivity contribution in [2.75, 3.05) is 7.11 Å². The average molecular weight is 399 g/mol. The van der Waals surface area contributed by atoms with Gasteiger partial charge in [0.1, 0.15) is 5.75 Å². The van der Waals surface area contributed by atoms with Gasteiger partial charge < -0.3 is 9.47 Å². The normalized spacial score (nSPS) is 12.7. The molecule has 0 radical (unpaired) electrons. The molecular weight excluding hydrogens is 372 g/mol. The van der Waals surface area contributed by atoms with Gasteiger partial charge in [0, 0.05) is 11.1 Å². The number of esters is 1. The molecule has 30 heavy (non-hydrogen) atoms. The summed E-state index contributed by atoms with van der Waals surface area (Å²) in [5, 5.41) is 4.52. The Morgan fingerprint density at radius 1 is 0.800 bits per heavy atom. The minimum Gasteiger partial charge on any atom is -0.497 e. The SMILES string of the molecule is COc1cccc(C(OC(=O)C(C)(C)C)c2cc3ccccc3c3ccccc23)c1. The predicted octanol–water partition coefficient (Wildman–Crippen LogP) is 6.68. The van der Waals surface area contributed by atoms with Crippen LogP contribution in [0.3, 0.4) is 0 Å². The summed E-state index contributed by atoms with van der Waals surface area (Å²) < 4.78 is 11.6. The highest BCUT2D eigenvalue weighted by atomic mass is 16.5. The highest BCUT2D eigenvalue weighted by Crippen LogP contribution is 2.38. The van der Waals surface area contributed by atoms with E-state index in [0.29, 0.717) is 0 Å². The third-order valence-corrected chi connectivity index (χ3v) is 5.32. The number of ether oxygens (including phenoxy) is 2. The number of hydrogen-bond donors (Lipinski definition) is 0. The first-order valence-electron chi connectivity index (χ1n) is 10.1. The monoisotopic (exact) mass is 398 g/mol. The quantitative estimate of drug-likeness (QED) is 0.284. The minimum absolute atomic E-state index is 0.243. The fourth-order valence-electron chi connectivity index (χ4n) is 3.70. The van der Waals surface area contributed by atoms with Gasteiger partial charge in [0.2, 0.25) is 0 Å². The summed E-state index contributed by atoms with van der Waals surface area (Å²) in [6.07, 6.45) is -0.540. The van der Waals surface area contributed by atoms with Crippen LogP contribution in [0.5, 0.6) is 5.75 Å². The van der Waals surface area contributed by atoms with Crippen LogP contribution >= 0.6 is 0 Å². The zero-order valence-electron chi connectivity index (χ0n) is 17.8. The molecule has 0 amide bonds. The van der Waals surface area contributed by atoms with Gasteiger partial charge in [0.25, 0.3) is 0 Å². The molecule has 1 unspecified atom stereocenters. The zero-order valence-corrected chi connectivity index (χ0v) is 17.8. The molecule has 0 aliphatic carbocycles. The Balaban J connectivity index is 1.98. The fraction of sp³-hybridized carbons (Fsp3) is 0.222. The molecule has 0 heterocycles. The lowest BCUT2D eigenvalue weighted by Crippen LogP contribution is -2.25. The lowest BCUT2D eigenvalue weighted by molar-refractivity contribution is -0.157. The van der Waals surface area contributed by atoms with Crippen LogP contribution in [0.25, 0.3) is 21.5 Å². The summed E-state index contributed by atoms with van der Waals surface area (Å²) in [5.41, 5.74) is 1.24. The maximum Gasteiger partial charge on any atom is 0.312 e. The van der Waals surface area contributed by atoms with Gasteiger partial charge in [-0.2, -0.15) is 0 Å². The molecular formula is C27H26O3. The maximum atomic E-state index is 12.9.